The lowest BCUT2D eigenvalue weighted by molar-refractivity contribution is 0.285. The first-order valence-electron chi connectivity index (χ1n) is 10.2. The fraction of sp³-hybridized carbons (Fsp3) is 0.111. The highest BCUT2D eigenvalue weighted by molar-refractivity contribution is 5.66. The highest BCUT2D eigenvalue weighted by atomic mass is 19.2. The molecule has 3 nitrogen and oxygen atoms in total. The molecule has 168 valence electrons. The van der Waals surface area contributed by atoms with Crippen molar-refractivity contribution >= 4 is 0 Å². The van der Waals surface area contributed by atoms with E-state index in [1.807, 2.05) is 0 Å². The molecule has 0 atom stereocenters. The first kappa shape index (κ1) is 22.3. The SMILES string of the molecule is COc1ccc(-c2ccc(OCc3ccc(-c4ccc(OC)cc4F)cc3)c(F)c2F)cc1. The zero-order valence-corrected chi connectivity index (χ0v) is 18.1. The fourth-order valence-electron chi connectivity index (χ4n) is 3.44. The van der Waals surface area contributed by atoms with E-state index in [1.54, 1.807) is 60.7 Å². The molecule has 0 saturated carbocycles. The second-order valence-corrected chi connectivity index (χ2v) is 7.30. The van der Waals surface area contributed by atoms with Crippen LogP contribution in [0.1, 0.15) is 5.56 Å². The van der Waals surface area contributed by atoms with E-state index in [0.29, 0.717) is 28.2 Å². The van der Waals surface area contributed by atoms with Crippen molar-refractivity contribution in [2.75, 3.05) is 14.2 Å². The number of benzene rings is 4. The van der Waals surface area contributed by atoms with E-state index in [0.717, 1.165) is 5.56 Å². The van der Waals surface area contributed by atoms with E-state index >= 15 is 0 Å². The maximum atomic E-state index is 14.7. The molecule has 4 aromatic carbocycles. The Morgan fingerprint density at radius 3 is 1.82 bits per heavy atom. The van der Waals surface area contributed by atoms with Gasteiger partial charge in [0.1, 0.15) is 23.9 Å². The van der Waals surface area contributed by atoms with Crippen molar-refractivity contribution in [3.8, 4) is 39.5 Å². The summed E-state index contributed by atoms with van der Waals surface area (Å²) in [5.74, 6) is -1.56. The molecule has 4 rings (SSSR count). The number of halogens is 3. The second kappa shape index (κ2) is 9.69. The standard InChI is InChI=1S/C27H21F3O3/c1-31-20-9-7-19(8-10-20)23-13-14-25(27(30)26(23)29)33-16-17-3-5-18(6-4-17)22-12-11-21(32-2)15-24(22)28/h3-15H,16H2,1-2H3. The Bertz CT molecular complexity index is 1250. The minimum Gasteiger partial charge on any atom is -0.497 e. The second-order valence-electron chi connectivity index (χ2n) is 7.30. The summed E-state index contributed by atoms with van der Waals surface area (Å²) in [6.45, 7) is 0.0314. The summed E-state index contributed by atoms with van der Waals surface area (Å²) in [5.41, 5.74) is 2.51. The van der Waals surface area contributed by atoms with Crippen LogP contribution in [0.25, 0.3) is 22.3 Å². The van der Waals surface area contributed by atoms with Crippen molar-refractivity contribution in [3.05, 3.63) is 102 Å². The van der Waals surface area contributed by atoms with E-state index < -0.39 is 17.5 Å². The summed E-state index contributed by atoms with van der Waals surface area (Å²) in [7, 11) is 3.01. The van der Waals surface area contributed by atoms with Gasteiger partial charge in [-0.1, -0.05) is 36.4 Å². The number of ether oxygens (including phenoxy) is 3. The summed E-state index contributed by atoms with van der Waals surface area (Å²) >= 11 is 0. The van der Waals surface area contributed by atoms with Crippen molar-refractivity contribution in [1.29, 1.82) is 0 Å². The molecule has 0 heterocycles. The number of rotatable bonds is 7. The number of methoxy groups -OCH3 is 2. The molecular formula is C27H21F3O3. The van der Waals surface area contributed by atoms with Gasteiger partial charge >= 0.3 is 0 Å². The molecule has 6 heteroatoms. The molecule has 0 N–H and O–H groups in total. The zero-order chi connectivity index (χ0) is 23.4. The van der Waals surface area contributed by atoms with Crippen LogP contribution in [0, 0.1) is 17.5 Å². The van der Waals surface area contributed by atoms with Gasteiger partial charge in [0, 0.05) is 17.2 Å². The van der Waals surface area contributed by atoms with Crippen molar-refractivity contribution in [2.45, 2.75) is 6.61 Å². The molecule has 0 aliphatic rings. The van der Waals surface area contributed by atoms with Gasteiger partial charge in [0.05, 0.1) is 14.2 Å². The van der Waals surface area contributed by atoms with E-state index in [2.05, 4.69) is 0 Å². The average molecular weight is 450 g/mol. The molecule has 4 aromatic rings. The predicted molar refractivity (Wildman–Crippen MR) is 121 cm³/mol. The molecule has 0 unspecified atom stereocenters. The lowest BCUT2D eigenvalue weighted by atomic mass is 10.0. The normalized spacial score (nSPS) is 10.7. The van der Waals surface area contributed by atoms with Crippen LogP contribution < -0.4 is 14.2 Å². The maximum absolute atomic E-state index is 14.7. The van der Waals surface area contributed by atoms with Crippen molar-refractivity contribution in [2.24, 2.45) is 0 Å². The van der Waals surface area contributed by atoms with Crippen molar-refractivity contribution in [3.63, 3.8) is 0 Å². The molecule has 0 aromatic heterocycles. The average Bonchev–Trinajstić information content (AvgIpc) is 2.85. The van der Waals surface area contributed by atoms with E-state index in [9.17, 15) is 13.2 Å². The van der Waals surface area contributed by atoms with Crippen LogP contribution in [0.3, 0.4) is 0 Å². The van der Waals surface area contributed by atoms with Gasteiger partial charge in [0.15, 0.2) is 11.6 Å². The van der Waals surface area contributed by atoms with Gasteiger partial charge in [-0.2, -0.15) is 4.39 Å². The Morgan fingerprint density at radius 2 is 1.18 bits per heavy atom. The van der Waals surface area contributed by atoms with Crippen molar-refractivity contribution in [1.82, 2.24) is 0 Å². The Balaban J connectivity index is 1.47. The first-order chi connectivity index (χ1) is 16.0. The molecule has 0 fully saturated rings. The molecular weight excluding hydrogens is 429 g/mol. The van der Waals surface area contributed by atoms with Crippen LogP contribution in [0.5, 0.6) is 17.2 Å². The molecule has 0 amide bonds. The molecule has 0 aliphatic carbocycles. The lowest BCUT2D eigenvalue weighted by Gasteiger charge is -2.12. The van der Waals surface area contributed by atoms with E-state index in [4.69, 9.17) is 14.2 Å². The predicted octanol–water partition coefficient (Wildman–Crippen LogP) is 7.03. The Kier molecular flexibility index (Phi) is 6.54. The smallest absolute Gasteiger partial charge is 0.201 e. The highest BCUT2D eigenvalue weighted by Gasteiger charge is 2.16. The third-order valence-corrected chi connectivity index (χ3v) is 5.28. The summed E-state index contributed by atoms with van der Waals surface area (Å²) < 4.78 is 59.2. The fourth-order valence-corrected chi connectivity index (χ4v) is 3.44. The topological polar surface area (TPSA) is 27.7 Å². The van der Waals surface area contributed by atoms with Crippen molar-refractivity contribution < 1.29 is 27.4 Å². The molecule has 0 bridgehead atoms. The number of hydrogen-bond acceptors (Lipinski definition) is 3. The molecule has 33 heavy (non-hydrogen) atoms. The molecule has 0 aliphatic heterocycles. The van der Waals surface area contributed by atoms with Gasteiger partial charge in [-0.25, -0.2) is 8.78 Å². The van der Waals surface area contributed by atoms with Crippen LogP contribution in [0.2, 0.25) is 0 Å². The largest absolute Gasteiger partial charge is 0.497 e. The molecule has 0 spiro atoms. The highest BCUT2D eigenvalue weighted by Crippen LogP contribution is 2.31. The summed E-state index contributed by atoms with van der Waals surface area (Å²) in [5, 5.41) is 0. The van der Waals surface area contributed by atoms with Crippen LogP contribution in [0.4, 0.5) is 13.2 Å². The van der Waals surface area contributed by atoms with Gasteiger partial charge in [0.2, 0.25) is 5.82 Å². The third-order valence-electron chi connectivity index (χ3n) is 5.28. The van der Waals surface area contributed by atoms with Crippen LogP contribution in [-0.2, 0) is 6.61 Å². The summed E-state index contributed by atoms with van der Waals surface area (Å²) in [6, 6.07) is 21.2. The minimum atomic E-state index is -1.06. The van der Waals surface area contributed by atoms with Gasteiger partial charge < -0.3 is 14.2 Å². The van der Waals surface area contributed by atoms with Crippen LogP contribution in [-0.4, -0.2) is 14.2 Å². The molecule has 0 radical (unpaired) electrons. The third kappa shape index (κ3) is 4.80. The minimum absolute atomic E-state index is 0.0314. The first-order valence-corrected chi connectivity index (χ1v) is 10.2. The Morgan fingerprint density at radius 1 is 0.606 bits per heavy atom. The summed E-state index contributed by atoms with van der Waals surface area (Å²) in [4.78, 5) is 0. The Labute approximate surface area is 190 Å². The van der Waals surface area contributed by atoms with E-state index in [-0.39, 0.29) is 17.9 Å². The zero-order valence-electron chi connectivity index (χ0n) is 18.1. The van der Waals surface area contributed by atoms with Crippen LogP contribution >= 0.6 is 0 Å². The van der Waals surface area contributed by atoms with Gasteiger partial charge in [-0.15, -0.1) is 0 Å². The van der Waals surface area contributed by atoms with Gasteiger partial charge in [-0.05, 0) is 53.1 Å². The maximum Gasteiger partial charge on any atom is 0.201 e. The van der Waals surface area contributed by atoms with E-state index in [1.165, 1.54) is 32.4 Å². The molecule has 0 saturated heterocycles. The quantitative estimate of drug-likeness (QED) is 0.302. The Hall–Kier alpha value is -3.93. The van der Waals surface area contributed by atoms with Crippen LogP contribution in [0.15, 0.2) is 78.9 Å². The van der Waals surface area contributed by atoms with Gasteiger partial charge in [0.25, 0.3) is 0 Å². The lowest BCUT2D eigenvalue weighted by Crippen LogP contribution is -2.00. The number of hydrogen-bond donors (Lipinski definition) is 0. The monoisotopic (exact) mass is 450 g/mol. The summed E-state index contributed by atoms with van der Waals surface area (Å²) in [6.07, 6.45) is 0. The van der Waals surface area contributed by atoms with Gasteiger partial charge in [-0.3, -0.25) is 0 Å².